The summed E-state index contributed by atoms with van der Waals surface area (Å²) >= 11 is 5.87. The minimum absolute atomic E-state index is 0.358. The molecule has 1 aromatic rings. The predicted octanol–water partition coefficient (Wildman–Crippen LogP) is 1.29. The molecule has 0 aliphatic heterocycles. The van der Waals surface area contributed by atoms with Gasteiger partial charge in [-0.05, 0) is 25.1 Å². The molecule has 0 amide bonds. The maximum atomic E-state index is 12.0. The predicted molar refractivity (Wildman–Crippen MR) is 76.8 cm³/mol. The van der Waals surface area contributed by atoms with Gasteiger partial charge in [0.1, 0.15) is 5.75 Å². The van der Waals surface area contributed by atoms with Gasteiger partial charge in [0.2, 0.25) is 0 Å². The van der Waals surface area contributed by atoms with Gasteiger partial charge in [0, 0.05) is 19.7 Å². The zero-order valence-corrected chi connectivity index (χ0v) is 12.5. The number of methoxy groups -OCH3 is 1. The highest BCUT2D eigenvalue weighted by molar-refractivity contribution is 7.90. The molecule has 19 heavy (non-hydrogen) atoms. The molecule has 108 valence electrons. The number of rotatable bonds is 7. The van der Waals surface area contributed by atoms with Crippen molar-refractivity contribution < 1.29 is 13.2 Å². The lowest BCUT2D eigenvalue weighted by atomic mass is 10.3. The lowest BCUT2D eigenvalue weighted by Crippen LogP contribution is -2.34. The van der Waals surface area contributed by atoms with Crippen LogP contribution in [0.2, 0.25) is 5.02 Å². The summed E-state index contributed by atoms with van der Waals surface area (Å²) in [6.45, 7) is 0.797. The summed E-state index contributed by atoms with van der Waals surface area (Å²) in [7, 11) is -0.638. The van der Waals surface area contributed by atoms with Crippen molar-refractivity contribution in [3.63, 3.8) is 0 Å². The molecular formula is C11H18ClN3O3S. The van der Waals surface area contributed by atoms with Crippen molar-refractivity contribution in [1.82, 2.24) is 4.31 Å². The molecule has 0 saturated heterocycles. The van der Waals surface area contributed by atoms with E-state index in [0.717, 1.165) is 0 Å². The van der Waals surface area contributed by atoms with Crippen LogP contribution in [0, 0.1) is 0 Å². The molecule has 0 radical (unpaired) electrons. The largest absolute Gasteiger partial charge is 0.495 e. The number of hydrogen-bond donors (Lipinski definition) is 2. The van der Waals surface area contributed by atoms with Crippen molar-refractivity contribution in [2.24, 2.45) is 5.73 Å². The maximum absolute atomic E-state index is 12.0. The monoisotopic (exact) mass is 307 g/mol. The number of anilines is 1. The molecule has 0 unspecified atom stereocenters. The van der Waals surface area contributed by atoms with Gasteiger partial charge in [-0.15, -0.1) is 0 Å². The number of nitrogens with one attached hydrogen (secondary N) is 1. The summed E-state index contributed by atoms with van der Waals surface area (Å²) in [6.07, 6.45) is 0.599. The van der Waals surface area contributed by atoms with Gasteiger partial charge in [-0.25, -0.2) is 0 Å². The molecule has 3 N–H and O–H groups in total. The van der Waals surface area contributed by atoms with Crippen molar-refractivity contribution in [2.45, 2.75) is 6.42 Å². The van der Waals surface area contributed by atoms with E-state index in [2.05, 4.69) is 4.72 Å². The molecular weight excluding hydrogens is 290 g/mol. The normalized spacial score (nSPS) is 11.6. The van der Waals surface area contributed by atoms with Crippen LogP contribution in [0.4, 0.5) is 5.69 Å². The summed E-state index contributed by atoms with van der Waals surface area (Å²) in [5.41, 5.74) is 5.74. The van der Waals surface area contributed by atoms with E-state index >= 15 is 0 Å². The smallest absolute Gasteiger partial charge is 0.301 e. The van der Waals surface area contributed by atoms with Gasteiger partial charge < -0.3 is 10.5 Å². The Balaban J connectivity index is 2.83. The van der Waals surface area contributed by atoms with Crippen LogP contribution in [0.1, 0.15) is 6.42 Å². The Morgan fingerprint density at radius 1 is 1.47 bits per heavy atom. The number of nitrogens with two attached hydrogens (primary N) is 1. The van der Waals surface area contributed by atoms with Crippen LogP contribution in [0.5, 0.6) is 5.75 Å². The van der Waals surface area contributed by atoms with Crippen molar-refractivity contribution in [2.75, 3.05) is 32.0 Å². The summed E-state index contributed by atoms with van der Waals surface area (Å²) < 4.78 is 32.7. The van der Waals surface area contributed by atoms with Crippen LogP contribution >= 0.6 is 11.6 Å². The third-order valence-corrected chi connectivity index (χ3v) is 4.29. The first kappa shape index (κ1) is 16.0. The van der Waals surface area contributed by atoms with Crippen LogP contribution in [-0.4, -0.2) is 40.0 Å². The Bertz CT molecular complexity index is 522. The average molecular weight is 308 g/mol. The van der Waals surface area contributed by atoms with E-state index < -0.39 is 10.2 Å². The number of ether oxygens (including phenoxy) is 1. The molecule has 6 nitrogen and oxygen atoms in total. The molecule has 8 heteroatoms. The molecule has 0 bridgehead atoms. The van der Waals surface area contributed by atoms with E-state index in [1.165, 1.54) is 24.5 Å². The zero-order valence-electron chi connectivity index (χ0n) is 10.9. The first-order valence-electron chi connectivity index (χ1n) is 5.68. The van der Waals surface area contributed by atoms with Gasteiger partial charge >= 0.3 is 10.2 Å². The van der Waals surface area contributed by atoms with E-state index in [9.17, 15) is 8.42 Å². The SMILES string of the molecule is COc1cc(NS(=O)(=O)N(C)CCCN)ccc1Cl. The Kier molecular flexibility index (Phi) is 5.86. The van der Waals surface area contributed by atoms with E-state index in [1.807, 2.05) is 0 Å². The topological polar surface area (TPSA) is 84.7 Å². The molecule has 0 aliphatic rings. The molecule has 0 saturated carbocycles. The van der Waals surface area contributed by atoms with Gasteiger partial charge in [0.25, 0.3) is 0 Å². The highest BCUT2D eigenvalue weighted by atomic mass is 35.5. The van der Waals surface area contributed by atoms with E-state index in [1.54, 1.807) is 12.1 Å². The maximum Gasteiger partial charge on any atom is 0.301 e. The van der Waals surface area contributed by atoms with Crippen LogP contribution in [0.25, 0.3) is 0 Å². The Hall–Kier alpha value is -1.02. The van der Waals surface area contributed by atoms with Gasteiger partial charge in [-0.2, -0.15) is 12.7 Å². The van der Waals surface area contributed by atoms with Crippen LogP contribution in [0.15, 0.2) is 18.2 Å². The molecule has 1 aromatic carbocycles. The first-order chi connectivity index (χ1) is 8.90. The molecule has 0 fully saturated rings. The van der Waals surface area contributed by atoms with Crippen molar-refractivity contribution in [3.8, 4) is 5.75 Å². The number of hydrogen-bond acceptors (Lipinski definition) is 4. The third kappa shape index (κ3) is 4.54. The van der Waals surface area contributed by atoms with E-state index in [-0.39, 0.29) is 0 Å². The fourth-order valence-corrected chi connectivity index (χ4v) is 2.53. The summed E-state index contributed by atoms with van der Waals surface area (Å²) in [4.78, 5) is 0. The molecule has 0 spiro atoms. The van der Waals surface area contributed by atoms with E-state index in [4.69, 9.17) is 22.1 Å². The van der Waals surface area contributed by atoms with Gasteiger partial charge in [-0.1, -0.05) is 11.6 Å². The Morgan fingerprint density at radius 2 is 2.16 bits per heavy atom. The van der Waals surface area contributed by atoms with E-state index in [0.29, 0.717) is 36.0 Å². The minimum atomic E-state index is -3.59. The molecule has 1 rings (SSSR count). The molecule has 0 aromatic heterocycles. The zero-order chi connectivity index (χ0) is 14.5. The van der Waals surface area contributed by atoms with Gasteiger partial charge in [0.05, 0.1) is 17.8 Å². The van der Waals surface area contributed by atoms with Crippen molar-refractivity contribution in [3.05, 3.63) is 23.2 Å². The second-order valence-electron chi connectivity index (χ2n) is 3.92. The van der Waals surface area contributed by atoms with Crippen LogP contribution < -0.4 is 15.2 Å². The van der Waals surface area contributed by atoms with Crippen molar-refractivity contribution >= 4 is 27.5 Å². The highest BCUT2D eigenvalue weighted by Gasteiger charge is 2.17. The van der Waals surface area contributed by atoms with Crippen LogP contribution in [-0.2, 0) is 10.2 Å². The summed E-state index contributed by atoms with van der Waals surface area (Å²) in [5, 5.41) is 0.418. The third-order valence-electron chi connectivity index (χ3n) is 2.49. The van der Waals surface area contributed by atoms with Crippen molar-refractivity contribution in [1.29, 1.82) is 0 Å². The van der Waals surface area contributed by atoms with Gasteiger partial charge in [-0.3, -0.25) is 4.72 Å². The minimum Gasteiger partial charge on any atom is -0.495 e. The second kappa shape index (κ2) is 6.95. The second-order valence-corrected chi connectivity index (χ2v) is 6.10. The summed E-state index contributed by atoms with van der Waals surface area (Å²) in [5.74, 6) is 0.409. The highest BCUT2D eigenvalue weighted by Crippen LogP contribution is 2.27. The molecule has 0 atom stereocenters. The van der Waals surface area contributed by atoms with Crippen LogP contribution in [0.3, 0.4) is 0 Å². The summed E-state index contributed by atoms with van der Waals surface area (Å²) in [6, 6.07) is 4.66. The lowest BCUT2D eigenvalue weighted by Gasteiger charge is -2.18. The average Bonchev–Trinajstić information content (AvgIpc) is 2.37. The standard InChI is InChI=1S/C11H18ClN3O3S/c1-15(7-3-6-13)19(16,17)14-9-4-5-10(12)11(8-9)18-2/h4-5,8,14H,3,6-7,13H2,1-2H3. The quantitative estimate of drug-likeness (QED) is 0.795. The Morgan fingerprint density at radius 3 is 2.74 bits per heavy atom. The number of benzene rings is 1. The molecule has 0 aliphatic carbocycles. The number of nitrogens with zero attached hydrogens (tertiary/aromatic N) is 1. The first-order valence-corrected chi connectivity index (χ1v) is 7.50. The Labute approximate surface area is 118 Å². The lowest BCUT2D eigenvalue weighted by molar-refractivity contribution is 0.415. The number of halogens is 1. The fourth-order valence-electron chi connectivity index (χ4n) is 1.38. The van der Waals surface area contributed by atoms with Gasteiger partial charge in [0.15, 0.2) is 0 Å². The molecule has 0 heterocycles. The fraction of sp³-hybridized carbons (Fsp3) is 0.455.